The monoisotopic (exact) mass is 393 g/mol. The van der Waals surface area contributed by atoms with Gasteiger partial charge < -0.3 is 20.1 Å². The van der Waals surface area contributed by atoms with Crippen LogP contribution in [0, 0.1) is 11.3 Å². The summed E-state index contributed by atoms with van der Waals surface area (Å²) in [5.41, 5.74) is -0.388. The van der Waals surface area contributed by atoms with Gasteiger partial charge in [-0.3, -0.25) is 4.79 Å². The first kappa shape index (κ1) is 22.2. The van der Waals surface area contributed by atoms with Gasteiger partial charge in [0, 0.05) is 5.92 Å². The first-order valence-electron chi connectivity index (χ1n) is 8.33. The molecule has 1 saturated heterocycles. The second-order valence-electron chi connectivity index (χ2n) is 7.73. The lowest BCUT2D eigenvalue weighted by Gasteiger charge is -2.26. The third-order valence-corrected chi connectivity index (χ3v) is 5.02. The lowest BCUT2D eigenvalue weighted by atomic mass is 9.91. The van der Waals surface area contributed by atoms with Crippen molar-refractivity contribution >= 4 is 30.7 Å². The molecule has 1 aliphatic carbocycles. The second kappa shape index (κ2) is 8.20. The molecule has 1 aliphatic heterocycles. The van der Waals surface area contributed by atoms with E-state index in [1.54, 1.807) is 0 Å². The standard InChI is InChI=1S/C16H27N5O2.2ClH/c1-15(2,14-18-12(23-20-14)10-21(3)4)19-13(22)11-9-16(11)5-7-17-8-6-16;;/h11,17H,5-10H2,1-4H3,(H,19,22);2*1H. The first-order valence-corrected chi connectivity index (χ1v) is 8.33. The predicted molar refractivity (Wildman–Crippen MR) is 100.0 cm³/mol. The highest BCUT2D eigenvalue weighted by molar-refractivity contribution is 5.85. The van der Waals surface area contributed by atoms with Gasteiger partial charge in [0.05, 0.1) is 12.1 Å². The summed E-state index contributed by atoms with van der Waals surface area (Å²) in [6.45, 7) is 6.48. The van der Waals surface area contributed by atoms with Gasteiger partial charge in [0.1, 0.15) is 0 Å². The van der Waals surface area contributed by atoms with Crippen molar-refractivity contribution in [2.24, 2.45) is 11.3 Å². The molecule has 1 aromatic heterocycles. The summed E-state index contributed by atoms with van der Waals surface area (Å²) in [4.78, 5) is 19.0. The van der Waals surface area contributed by atoms with Crippen molar-refractivity contribution in [3.8, 4) is 0 Å². The average Bonchev–Trinajstić information content (AvgIpc) is 2.93. The molecular formula is C16H29Cl2N5O2. The number of halogens is 2. The molecule has 1 spiro atoms. The number of nitrogens with zero attached hydrogens (tertiary/aromatic N) is 3. The summed E-state index contributed by atoms with van der Waals surface area (Å²) in [6.07, 6.45) is 3.20. The Hall–Kier alpha value is -0.890. The maximum Gasteiger partial charge on any atom is 0.240 e. The van der Waals surface area contributed by atoms with Crippen LogP contribution in [-0.4, -0.2) is 48.1 Å². The number of carbonyl (C=O) groups is 1. The van der Waals surface area contributed by atoms with Crippen molar-refractivity contribution in [1.82, 2.24) is 25.7 Å². The van der Waals surface area contributed by atoms with Crippen molar-refractivity contribution in [1.29, 1.82) is 0 Å². The van der Waals surface area contributed by atoms with Gasteiger partial charge >= 0.3 is 0 Å². The maximum atomic E-state index is 12.6. The number of hydrogen-bond acceptors (Lipinski definition) is 6. The fourth-order valence-electron chi connectivity index (χ4n) is 3.49. The highest BCUT2D eigenvalue weighted by Crippen LogP contribution is 2.58. The number of carbonyl (C=O) groups excluding carboxylic acids is 1. The van der Waals surface area contributed by atoms with E-state index in [2.05, 4.69) is 20.8 Å². The molecule has 9 heteroatoms. The number of aromatic nitrogens is 2. The summed E-state index contributed by atoms with van der Waals surface area (Å²) in [7, 11) is 3.89. The fourth-order valence-corrected chi connectivity index (χ4v) is 3.49. The number of rotatable bonds is 5. The average molecular weight is 394 g/mol. The van der Waals surface area contributed by atoms with Crippen molar-refractivity contribution in [3.63, 3.8) is 0 Å². The Bertz CT molecular complexity index is 585. The summed E-state index contributed by atoms with van der Waals surface area (Å²) >= 11 is 0. The molecule has 7 nitrogen and oxygen atoms in total. The minimum absolute atomic E-state index is 0. The molecule has 1 amide bonds. The number of nitrogens with one attached hydrogen (secondary N) is 2. The van der Waals surface area contributed by atoms with Crippen molar-refractivity contribution < 1.29 is 9.32 Å². The van der Waals surface area contributed by atoms with E-state index in [1.165, 1.54) is 0 Å². The molecule has 2 heterocycles. The molecule has 0 radical (unpaired) electrons. The molecule has 2 aliphatic rings. The van der Waals surface area contributed by atoms with Crippen LogP contribution in [0.4, 0.5) is 0 Å². The van der Waals surface area contributed by atoms with Crippen LogP contribution in [0.3, 0.4) is 0 Å². The highest BCUT2D eigenvalue weighted by atomic mass is 35.5. The van der Waals surface area contributed by atoms with E-state index in [-0.39, 0.29) is 42.1 Å². The quantitative estimate of drug-likeness (QED) is 0.791. The summed E-state index contributed by atoms with van der Waals surface area (Å²) in [5.74, 6) is 1.35. The molecule has 3 rings (SSSR count). The number of amides is 1. The Morgan fingerprint density at radius 3 is 2.60 bits per heavy atom. The molecule has 2 N–H and O–H groups in total. The minimum Gasteiger partial charge on any atom is -0.344 e. The zero-order chi connectivity index (χ0) is 16.7. The van der Waals surface area contributed by atoms with Gasteiger partial charge in [-0.25, -0.2) is 0 Å². The van der Waals surface area contributed by atoms with E-state index in [1.807, 2.05) is 32.8 Å². The summed E-state index contributed by atoms with van der Waals surface area (Å²) in [5, 5.41) is 10.5. The van der Waals surface area contributed by atoms with Crippen molar-refractivity contribution in [2.75, 3.05) is 27.2 Å². The van der Waals surface area contributed by atoms with Gasteiger partial charge in [-0.1, -0.05) is 5.16 Å². The molecule has 0 aromatic carbocycles. The zero-order valence-corrected chi connectivity index (χ0v) is 16.9. The minimum atomic E-state index is -0.623. The van der Waals surface area contributed by atoms with E-state index >= 15 is 0 Å². The van der Waals surface area contributed by atoms with Crippen LogP contribution < -0.4 is 10.6 Å². The fraction of sp³-hybridized carbons (Fsp3) is 0.812. The van der Waals surface area contributed by atoms with Crippen molar-refractivity contribution in [3.05, 3.63) is 11.7 Å². The number of piperidine rings is 1. The zero-order valence-electron chi connectivity index (χ0n) is 15.3. The van der Waals surface area contributed by atoms with Crippen LogP contribution in [0.1, 0.15) is 44.8 Å². The summed E-state index contributed by atoms with van der Waals surface area (Å²) in [6, 6.07) is 0. The SMILES string of the molecule is CN(C)Cc1nc(C(C)(C)NC(=O)C2CC23CCNCC3)no1.Cl.Cl. The molecule has 2 fully saturated rings. The number of hydrogen-bond donors (Lipinski definition) is 2. The molecule has 1 aromatic rings. The molecule has 144 valence electrons. The maximum absolute atomic E-state index is 12.6. The van der Waals surface area contributed by atoms with Crippen LogP contribution >= 0.6 is 24.8 Å². The summed E-state index contributed by atoms with van der Waals surface area (Å²) < 4.78 is 5.27. The van der Waals surface area contributed by atoms with Gasteiger partial charge in [0.25, 0.3) is 0 Å². The van der Waals surface area contributed by atoms with E-state index in [0.29, 0.717) is 18.3 Å². The topological polar surface area (TPSA) is 83.3 Å². The van der Waals surface area contributed by atoms with Crippen LogP contribution in [0.5, 0.6) is 0 Å². The molecule has 1 saturated carbocycles. The highest BCUT2D eigenvalue weighted by Gasteiger charge is 2.58. The van der Waals surface area contributed by atoms with E-state index in [0.717, 1.165) is 32.4 Å². The first-order chi connectivity index (χ1) is 10.8. The lowest BCUT2D eigenvalue weighted by Crippen LogP contribution is -2.44. The van der Waals surface area contributed by atoms with Crippen LogP contribution in [0.15, 0.2) is 4.52 Å². The Balaban J connectivity index is 0.00000156. The van der Waals surface area contributed by atoms with Gasteiger partial charge in [0.15, 0.2) is 5.82 Å². The third kappa shape index (κ3) is 4.84. The van der Waals surface area contributed by atoms with E-state index in [4.69, 9.17) is 4.52 Å². The second-order valence-corrected chi connectivity index (χ2v) is 7.73. The molecular weight excluding hydrogens is 365 g/mol. The van der Waals surface area contributed by atoms with Crippen LogP contribution in [0.2, 0.25) is 0 Å². The van der Waals surface area contributed by atoms with E-state index in [9.17, 15) is 4.79 Å². The Kier molecular flexibility index (Phi) is 7.27. The van der Waals surface area contributed by atoms with Crippen LogP contribution in [-0.2, 0) is 16.9 Å². The smallest absolute Gasteiger partial charge is 0.240 e. The molecule has 0 bridgehead atoms. The lowest BCUT2D eigenvalue weighted by molar-refractivity contribution is -0.125. The van der Waals surface area contributed by atoms with Gasteiger partial charge in [-0.15, -0.1) is 24.8 Å². The molecule has 1 atom stereocenters. The normalized spacial score (nSPS) is 21.4. The largest absolute Gasteiger partial charge is 0.344 e. The predicted octanol–water partition coefficient (Wildman–Crippen LogP) is 1.72. The van der Waals surface area contributed by atoms with Crippen LogP contribution in [0.25, 0.3) is 0 Å². The van der Waals surface area contributed by atoms with Gasteiger partial charge in [0.2, 0.25) is 11.8 Å². The van der Waals surface area contributed by atoms with E-state index < -0.39 is 5.54 Å². The Morgan fingerprint density at radius 1 is 1.36 bits per heavy atom. The molecule has 1 unspecified atom stereocenters. The van der Waals surface area contributed by atoms with Crippen molar-refractivity contribution in [2.45, 2.75) is 45.2 Å². The van der Waals surface area contributed by atoms with Gasteiger partial charge in [-0.05, 0) is 65.7 Å². The third-order valence-electron chi connectivity index (χ3n) is 5.02. The Labute approximate surface area is 161 Å². The van der Waals surface area contributed by atoms with Gasteiger partial charge in [-0.2, -0.15) is 4.98 Å². The molecule has 25 heavy (non-hydrogen) atoms. The Morgan fingerprint density at radius 2 is 2.00 bits per heavy atom.